The zero-order valence-electron chi connectivity index (χ0n) is 17.8. The summed E-state index contributed by atoms with van der Waals surface area (Å²) in [5.41, 5.74) is 2.22. The highest BCUT2D eigenvalue weighted by atomic mass is 28.5. The fourth-order valence-corrected chi connectivity index (χ4v) is 15.0. The van der Waals surface area contributed by atoms with Crippen molar-refractivity contribution >= 4 is 25.7 Å². The highest BCUT2D eigenvalue weighted by Crippen LogP contribution is 2.27. The Morgan fingerprint density at radius 3 is 1.19 bits per heavy atom. The Morgan fingerprint density at radius 1 is 0.519 bits per heavy atom. The fraction of sp³-hybridized carbons (Fsp3) is 0.400. The molecule has 0 saturated carbocycles. The van der Waals surface area contributed by atoms with Crippen molar-refractivity contribution in [2.24, 2.45) is 0 Å². The number of aryl methyl sites for hydroxylation is 2. The molecule has 148 valence electrons. The maximum atomic E-state index is 6.48. The molecular weight excluding hydrogens is 388 g/mol. The average Bonchev–Trinajstić information content (AvgIpc) is 2.49. The van der Waals surface area contributed by atoms with Crippen LogP contribution in [0.2, 0.25) is 39.3 Å². The average molecular weight is 421 g/mol. The van der Waals surface area contributed by atoms with Gasteiger partial charge in [0.15, 0.2) is 0 Å². The number of hydrogen-bond donors (Lipinski definition) is 0. The van der Waals surface area contributed by atoms with Gasteiger partial charge in [0.2, 0.25) is 0 Å². The van der Waals surface area contributed by atoms with Gasteiger partial charge in [-0.05, 0) is 76.4 Å². The van der Waals surface area contributed by atoms with Crippen molar-refractivity contribution in [2.75, 3.05) is 0 Å². The molecular formula is C20H32O4Si3. The van der Waals surface area contributed by atoms with Crippen LogP contribution >= 0.6 is 0 Å². The number of hydrogen-bond acceptors (Lipinski definition) is 4. The first kappa shape index (κ1) is 21.9. The standard InChI is InChI=1S/C20H32O4Si3/c1-17-13-9-11-15-19(17)21-25(3,4)23-27(7,8)24-26(5,6)22-20-16-12-10-14-18(20)2/h9-16H,1-8H3. The van der Waals surface area contributed by atoms with Crippen molar-refractivity contribution in [2.45, 2.75) is 53.1 Å². The zero-order valence-corrected chi connectivity index (χ0v) is 20.8. The summed E-state index contributed by atoms with van der Waals surface area (Å²) < 4.78 is 25.5. The highest BCUT2D eigenvalue weighted by Gasteiger charge is 2.43. The number of benzene rings is 2. The van der Waals surface area contributed by atoms with Gasteiger partial charge in [-0.2, -0.15) is 0 Å². The van der Waals surface area contributed by atoms with Crippen LogP contribution in [0.4, 0.5) is 0 Å². The van der Waals surface area contributed by atoms with E-state index >= 15 is 0 Å². The summed E-state index contributed by atoms with van der Waals surface area (Å²) in [6, 6.07) is 16.1. The van der Waals surface area contributed by atoms with Crippen LogP contribution in [0.1, 0.15) is 11.1 Å². The fourth-order valence-electron chi connectivity index (χ4n) is 3.12. The predicted octanol–water partition coefficient (Wildman–Crippen LogP) is 5.90. The molecule has 0 fully saturated rings. The first-order chi connectivity index (χ1) is 12.4. The molecule has 2 rings (SSSR count). The van der Waals surface area contributed by atoms with Crippen LogP contribution in [0.3, 0.4) is 0 Å². The molecule has 2 aromatic rings. The van der Waals surface area contributed by atoms with Gasteiger partial charge in [-0.15, -0.1) is 0 Å². The predicted molar refractivity (Wildman–Crippen MR) is 118 cm³/mol. The minimum Gasteiger partial charge on any atom is -0.521 e. The summed E-state index contributed by atoms with van der Waals surface area (Å²) in [5, 5.41) is 0. The van der Waals surface area contributed by atoms with Crippen LogP contribution in [0, 0.1) is 13.8 Å². The number of rotatable bonds is 8. The van der Waals surface area contributed by atoms with Gasteiger partial charge < -0.3 is 17.1 Å². The molecule has 0 atom stereocenters. The lowest BCUT2D eigenvalue weighted by Crippen LogP contribution is -2.56. The molecule has 0 N–H and O–H groups in total. The van der Waals surface area contributed by atoms with Crippen LogP contribution < -0.4 is 8.85 Å². The first-order valence-electron chi connectivity index (χ1n) is 9.29. The van der Waals surface area contributed by atoms with Gasteiger partial charge >= 0.3 is 25.7 Å². The molecule has 7 heteroatoms. The van der Waals surface area contributed by atoms with Gasteiger partial charge in [0.05, 0.1) is 0 Å². The van der Waals surface area contributed by atoms with Crippen LogP contribution in [-0.4, -0.2) is 25.7 Å². The van der Waals surface area contributed by atoms with E-state index in [1.165, 1.54) is 0 Å². The summed E-state index contributed by atoms with van der Waals surface area (Å²) in [4.78, 5) is 0. The smallest absolute Gasteiger partial charge is 0.383 e. The van der Waals surface area contributed by atoms with E-state index < -0.39 is 25.7 Å². The molecule has 0 aliphatic rings. The second kappa shape index (κ2) is 8.32. The third-order valence-corrected chi connectivity index (χ3v) is 13.2. The van der Waals surface area contributed by atoms with Crippen LogP contribution in [0.5, 0.6) is 11.5 Å². The van der Waals surface area contributed by atoms with Crippen LogP contribution in [0.25, 0.3) is 0 Å². The van der Waals surface area contributed by atoms with Crippen molar-refractivity contribution in [3.8, 4) is 11.5 Å². The quantitative estimate of drug-likeness (QED) is 0.498. The minimum absolute atomic E-state index is 0.881. The molecule has 0 aliphatic heterocycles. The van der Waals surface area contributed by atoms with E-state index in [-0.39, 0.29) is 0 Å². The topological polar surface area (TPSA) is 36.9 Å². The maximum Gasteiger partial charge on any atom is 0.383 e. The first-order valence-corrected chi connectivity index (χ1v) is 17.7. The molecule has 0 amide bonds. The molecule has 0 unspecified atom stereocenters. The Kier molecular flexibility index (Phi) is 6.75. The van der Waals surface area contributed by atoms with E-state index in [2.05, 4.69) is 39.3 Å². The Balaban J connectivity index is 2.06. The van der Waals surface area contributed by atoms with E-state index in [0.717, 1.165) is 22.6 Å². The van der Waals surface area contributed by atoms with Gasteiger partial charge in [-0.25, -0.2) is 0 Å². The Hall–Kier alpha value is -1.39. The monoisotopic (exact) mass is 420 g/mol. The molecule has 0 aliphatic carbocycles. The molecule has 2 aromatic carbocycles. The maximum absolute atomic E-state index is 6.48. The normalized spacial score (nSPS) is 12.7. The third kappa shape index (κ3) is 6.93. The summed E-state index contributed by atoms with van der Waals surface area (Å²) in [7, 11) is -7.26. The van der Waals surface area contributed by atoms with Crippen molar-refractivity contribution in [1.82, 2.24) is 0 Å². The lowest BCUT2D eigenvalue weighted by Gasteiger charge is -2.37. The molecule has 0 heterocycles. The molecule has 0 aromatic heterocycles. The lowest BCUT2D eigenvalue weighted by molar-refractivity contribution is 0.301. The second-order valence-corrected chi connectivity index (χ2v) is 18.6. The van der Waals surface area contributed by atoms with Gasteiger partial charge in [0, 0.05) is 0 Å². The van der Waals surface area contributed by atoms with Crippen molar-refractivity contribution in [3.05, 3.63) is 59.7 Å². The van der Waals surface area contributed by atoms with Crippen LogP contribution in [0.15, 0.2) is 48.5 Å². The van der Waals surface area contributed by atoms with Gasteiger partial charge in [0.25, 0.3) is 0 Å². The van der Waals surface area contributed by atoms with E-state index in [1.807, 2.05) is 62.4 Å². The molecule has 0 saturated heterocycles. The van der Waals surface area contributed by atoms with Crippen molar-refractivity contribution in [3.63, 3.8) is 0 Å². The summed E-state index contributed by atoms with van der Waals surface area (Å²) in [6.07, 6.45) is 0. The highest BCUT2D eigenvalue weighted by molar-refractivity contribution is 6.84. The van der Waals surface area contributed by atoms with Crippen LogP contribution in [-0.2, 0) is 8.23 Å². The number of para-hydroxylation sites is 2. The van der Waals surface area contributed by atoms with Crippen molar-refractivity contribution in [1.29, 1.82) is 0 Å². The van der Waals surface area contributed by atoms with E-state index in [0.29, 0.717) is 0 Å². The molecule has 0 spiro atoms. The second-order valence-electron chi connectivity index (χ2n) is 8.14. The Morgan fingerprint density at radius 2 is 0.852 bits per heavy atom. The SMILES string of the molecule is Cc1ccccc1O[Si](C)(C)O[Si](C)(C)O[Si](C)(C)Oc1ccccc1C. The third-order valence-electron chi connectivity index (χ3n) is 3.88. The van der Waals surface area contributed by atoms with E-state index in [1.54, 1.807) is 0 Å². The van der Waals surface area contributed by atoms with Crippen molar-refractivity contribution < 1.29 is 17.1 Å². The van der Waals surface area contributed by atoms with Gasteiger partial charge in [-0.3, -0.25) is 0 Å². The minimum atomic E-state index is -2.44. The van der Waals surface area contributed by atoms with Gasteiger partial charge in [-0.1, -0.05) is 36.4 Å². The molecule has 4 nitrogen and oxygen atoms in total. The Bertz CT molecular complexity index is 712. The van der Waals surface area contributed by atoms with E-state index in [4.69, 9.17) is 17.1 Å². The Labute approximate surface area is 167 Å². The van der Waals surface area contributed by atoms with E-state index in [9.17, 15) is 0 Å². The summed E-state index contributed by atoms with van der Waals surface area (Å²) >= 11 is 0. The molecule has 0 radical (unpaired) electrons. The summed E-state index contributed by atoms with van der Waals surface area (Å²) in [5.74, 6) is 1.76. The molecule has 27 heavy (non-hydrogen) atoms. The molecule has 0 bridgehead atoms. The van der Waals surface area contributed by atoms with Gasteiger partial charge in [0.1, 0.15) is 11.5 Å². The lowest BCUT2D eigenvalue weighted by atomic mass is 10.2. The summed E-state index contributed by atoms with van der Waals surface area (Å²) in [6.45, 7) is 16.5. The largest absolute Gasteiger partial charge is 0.521 e. The zero-order chi connectivity index (χ0) is 20.3.